The first kappa shape index (κ1) is 25.2. The quantitative estimate of drug-likeness (QED) is 0.312. The predicted molar refractivity (Wildman–Crippen MR) is 132 cm³/mol. The summed E-state index contributed by atoms with van der Waals surface area (Å²) < 4.78 is 5.19. The minimum absolute atomic E-state index is 0. The molecule has 0 aliphatic rings. The molecule has 6 nitrogen and oxygen atoms in total. The van der Waals surface area contributed by atoms with Gasteiger partial charge < -0.3 is 20.3 Å². The molecule has 1 aromatic heterocycles. The van der Waals surface area contributed by atoms with Gasteiger partial charge in [-0.2, -0.15) is 0 Å². The molecule has 160 valence electrons. The zero-order valence-corrected chi connectivity index (χ0v) is 20.8. The van der Waals surface area contributed by atoms with Crippen molar-refractivity contribution >= 4 is 47.2 Å². The number of guanidine groups is 1. The molecular weight excluding hydrogens is 499 g/mol. The van der Waals surface area contributed by atoms with Crippen molar-refractivity contribution < 1.29 is 9.53 Å². The third-order valence-corrected chi connectivity index (χ3v) is 5.19. The van der Waals surface area contributed by atoms with E-state index in [4.69, 9.17) is 4.74 Å². The van der Waals surface area contributed by atoms with Gasteiger partial charge in [0.2, 0.25) is 5.91 Å². The number of likely N-dealkylation sites (N-methyl/N-ethyl adjacent to an activating group) is 1. The third-order valence-electron chi connectivity index (χ3n) is 4.17. The Kier molecular flexibility index (Phi) is 11.0. The highest BCUT2D eigenvalue weighted by Gasteiger charge is 2.10. The second kappa shape index (κ2) is 12.7. The highest BCUT2D eigenvalue weighted by atomic mass is 127. The van der Waals surface area contributed by atoms with Gasteiger partial charge in [-0.15, -0.1) is 35.3 Å². The van der Waals surface area contributed by atoms with Gasteiger partial charge in [0, 0.05) is 36.3 Å². The summed E-state index contributed by atoms with van der Waals surface area (Å²) in [7, 11) is 5.14. The summed E-state index contributed by atoms with van der Waals surface area (Å²) in [5.41, 5.74) is 1.07. The van der Waals surface area contributed by atoms with Gasteiger partial charge in [-0.05, 0) is 43.7 Å². The summed E-state index contributed by atoms with van der Waals surface area (Å²) >= 11 is 1.81. The van der Waals surface area contributed by atoms with E-state index < -0.39 is 0 Å². The van der Waals surface area contributed by atoms with E-state index in [9.17, 15) is 4.79 Å². The minimum atomic E-state index is 0. The van der Waals surface area contributed by atoms with Gasteiger partial charge >= 0.3 is 0 Å². The fraction of sp³-hybridized carbons (Fsp3) is 0.429. The average molecular weight is 530 g/mol. The molecule has 1 heterocycles. The summed E-state index contributed by atoms with van der Waals surface area (Å²) in [6, 6.07) is 12.3. The Bertz CT molecular complexity index is 790. The lowest BCUT2D eigenvalue weighted by atomic mass is 10.2. The van der Waals surface area contributed by atoms with E-state index in [1.165, 1.54) is 9.75 Å². The normalized spacial score (nSPS) is 12.0. The highest BCUT2D eigenvalue weighted by Crippen LogP contribution is 2.16. The van der Waals surface area contributed by atoms with Crippen LogP contribution in [0.3, 0.4) is 0 Å². The molecule has 2 aromatic rings. The predicted octanol–water partition coefficient (Wildman–Crippen LogP) is 3.44. The number of hydrogen-bond donors (Lipinski definition) is 2. The molecule has 0 saturated carbocycles. The Morgan fingerprint density at radius 3 is 2.45 bits per heavy atom. The molecular formula is C21H31IN4O2S. The number of halogens is 1. The minimum Gasteiger partial charge on any atom is -0.497 e. The van der Waals surface area contributed by atoms with Crippen molar-refractivity contribution in [1.82, 2.24) is 15.5 Å². The van der Waals surface area contributed by atoms with E-state index in [0.29, 0.717) is 12.5 Å². The molecule has 0 saturated heterocycles. The topological polar surface area (TPSA) is 66.0 Å². The van der Waals surface area contributed by atoms with Crippen molar-refractivity contribution in [3.8, 4) is 5.75 Å². The maximum Gasteiger partial charge on any atom is 0.241 e. The maximum absolute atomic E-state index is 11.9. The van der Waals surface area contributed by atoms with Crippen LogP contribution in [0.1, 0.15) is 22.2 Å². The zero-order valence-electron chi connectivity index (χ0n) is 17.7. The maximum atomic E-state index is 11.9. The van der Waals surface area contributed by atoms with E-state index >= 15 is 0 Å². The van der Waals surface area contributed by atoms with Gasteiger partial charge in [0.1, 0.15) is 5.75 Å². The molecule has 0 aliphatic carbocycles. The Balaban J connectivity index is 0.00000420. The van der Waals surface area contributed by atoms with Crippen LogP contribution >= 0.6 is 35.3 Å². The summed E-state index contributed by atoms with van der Waals surface area (Å²) in [5, 5.41) is 6.55. The Hall–Kier alpha value is -1.81. The number of thiophene rings is 1. The summed E-state index contributed by atoms with van der Waals surface area (Å²) in [6.45, 7) is 4.95. The van der Waals surface area contributed by atoms with E-state index in [2.05, 4.69) is 41.6 Å². The standard InChI is InChI=1S/C21H30N4O2S.HI/c1-15(12-19-11-6-16(2)28-19)24-21(23-14-20(26)25(3)4)22-13-17-7-9-18(27-5)10-8-17;/h6-11,15H,12-14H2,1-5H3,(H2,22,23,24);1H. The fourth-order valence-corrected chi connectivity index (χ4v) is 3.57. The number of ether oxygens (including phenoxy) is 1. The molecule has 8 heteroatoms. The molecule has 0 radical (unpaired) electrons. The molecule has 1 unspecified atom stereocenters. The van der Waals surface area contributed by atoms with E-state index in [1.54, 1.807) is 37.4 Å². The zero-order chi connectivity index (χ0) is 20.5. The van der Waals surface area contributed by atoms with Gasteiger partial charge in [0.25, 0.3) is 0 Å². The summed E-state index contributed by atoms with van der Waals surface area (Å²) in [5.74, 6) is 1.45. The van der Waals surface area contributed by atoms with Gasteiger partial charge in [-0.3, -0.25) is 4.79 Å². The lowest BCUT2D eigenvalue weighted by Gasteiger charge is -2.19. The Morgan fingerprint density at radius 2 is 1.90 bits per heavy atom. The first-order valence-corrected chi connectivity index (χ1v) is 10.1. The summed E-state index contributed by atoms with van der Waals surface area (Å²) in [6.07, 6.45) is 0.906. The number of amides is 1. The Labute approximate surface area is 194 Å². The van der Waals surface area contributed by atoms with Crippen LogP contribution in [0.25, 0.3) is 0 Å². The number of methoxy groups -OCH3 is 1. The molecule has 29 heavy (non-hydrogen) atoms. The highest BCUT2D eigenvalue weighted by molar-refractivity contribution is 14.0. The lowest BCUT2D eigenvalue weighted by molar-refractivity contribution is -0.127. The molecule has 1 amide bonds. The second-order valence-electron chi connectivity index (χ2n) is 6.92. The van der Waals surface area contributed by atoms with E-state index in [-0.39, 0.29) is 42.5 Å². The molecule has 0 bridgehead atoms. The van der Waals surface area contributed by atoms with Crippen LogP contribution in [0.4, 0.5) is 0 Å². The van der Waals surface area contributed by atoms with Gasteiger partial charge in [-0.25, -0.2) is 4.99 Å². The van der Waals surface area contributed by atoms with Gasteiger partial charge in [0.15, 0.2) is 5.96 Å². The Morgan fingerprint density at radius 1 is 1.21 bits per heavy atom. The first-order valence-electron chi connectivity index (χ1n) is 9.30. The monoisotopic (exact) mass is 530 g/mol. The number of carbonyl (C=O) groups is 1. The van der Waals surface area contributed by atoms with Crippen molar-refractivity contribution in [2.24, 2.45) is 4.99 Å². The second-order valence-corrected chi connectivity index (χ2v) is 8.29. The van der Waals surface area contributed by atoms with Gasteiger partial charge in [0.05, 0.1) is 20.2 Å². The average Bonchev–Trinajstić information content (AvgIpc) is 3.08. The van der Waals surface area contributed by atoms with Crippen molar-refractivity contribution in [3.63, 3.8) is 0 Å². The number of carbonyl (C=O) groups excluding carboxylic acids is 1. The van der Waals surface area contributed by atoms with Crippen LogP contribution in [0.2, 0.25) is 0 Å². The van der Waals surface area contributed by atoms with Crippen LogP contribution < -0.4 is 15.4 Å². The molecule has 0 fully saturated rings. The number of nitrogens with one attached hydrogen (secondary N) is 2. The fourth-order valence-electron chi connectivity index (χ4n) is 2.55. The number of benzene rings is 1. The van der Waals surface area contributed by atoms with Crippen molar-refractivity contribution in [2.45, 2.75) is 32.9 Å². The first-order chi connectivity index (χ1) is 13.4. The van der Waals surface area contributed by atoms with Crippen LogP contribution in [0.15, 0.2) is 41.4 Å². The van der Waals surface area contributed by atoms with E-state index in [0.717, 1.165) is 17.7 Å². The van der Waals surface area contributed by atoms with Crippen molar-refractivity contribution in [2.75, 3.05) is 27.7 Å². The molecule has 2 N–H and O–H groups in total. The van der Waals surface area contributed by atoms with Crippen molar-refractivity contribution in [3.05, 3.63) is 51.7 Å². The number of rotatable bonds is 8. The van der Waals surface area contributed by atoms with E-state index in [1.807, 2.05) is 24.3 Å². The SMILES string of the molecule is COc1ccc(CN=C(NCC(=O)N(C)C)NC(C)Cc2ccc(C)s2)cc1.I. The summed E-state index contributed by atoms with van der Waals surface area (Å²) in [4.78, 5) is 20.8. The molecule has 1 aromatic carbocycles. The number of nitrogens with zero attached hydrogens (tertiary/aromatic N) is 2. The number of aryl methyl sites for hydroxylation is 1. The lowest BCUT2D eigenvalue weighted by Crippen LogP contribution is -2.46. The number of hydrogen-bond acceptors (Lipinski definition) is 4. The molecule has 0 aliphatic heterocycles. The van der Waals surface area contributed by atoms with Crippen LogP contribution in [-0.2, 0) is 17.8 Å². The largest absolute Gasteiger partial charge is 0.497 e. The molecule has 2 rings (SSSR count). The van der Waals surface area contributed by atoms with Crippen LogP contribution in [-0.4, -0.2) is 50.6 Å². The van der Waals surface area contributed by atoms with Crippen molar-refractivity contribution in [1.29, 1.82) is 0 Å². The molecule has 1 atom stereocenters. The van der Waals surface area contributed by atoms with Crippen LogP contribution in [0.5, 0.6) is 5.75 Å². The smallest absolute Gasteiger partial charge is 0.241 e. The van der Waals surface area contributed by atoms with Crippen LogP contribution in [0, 0.1) is 6.92 Å². The van der Waals surface area contributed by atoms with Gasteiger partial charge in [-0.1, -0.05) is 12.1 Å². The molecule has 0 spiro atoms. The third kappa shape index (κ3) is 9.03. The number of aliphatic imine (C=N–C) groups is 1.